The van der Waals surface area contributed by atoms with Crippen LogP contribution in [0.2, 0.25) is 5.02 Å². The first-order chi connectivity index (χ1) is 14.1. The zero-order valence-corrected chi connectivity index (χ0v) is 16.8. The molecule has 0 saturated carbocycles. The highest BCUT2D eigenvalue weighted by Gasteiger charge is 2.35. The second-order valence-electron chi connectivity index (χ2n) is 7.04. The lowest BCUT2D eigenvalue weighted by Gasteiger charge is -2.37. The van der Waals surface area contributed by atoms with Gasteiger partial charge in [-0.1, -0.05) is 60.2 Å². The lowest BCUT2D eigenvalue weighted by Crippen LogP contribution is -2.30. The van der Waals surface area contributed by atoms with Gasteiger partial charge in [0.25, 0.3) is 0 Å². The molecule has 154 valence electrons. The maximum Gasteiger partial charge on any atom is 0.303 e. The number of ether oxygens (including phenoxy) is 2. The highest BCUT2D eigenvalue weighted by molar-refractivity contribution is 6.31. The van der Waals surface area contributed by atoms with E-state index in [1.165, 1.54) is 0 Å². The van der Waals surface area contributed by atoms with Crippen molar-refractivity contribution in [1.29, 1.82) is 0 Å². The standard InChI is InChI=1S/C23H25ClO5/c24-19-12-7-5-10-17(19)23-28-15-16(9-3-1-2-4-14-21(26)27)22(29-23)18-11-6-8-13-20(18)25/h1-2,5-8,10-13,16,22-23,25H,3-4,9,14-15H2,(H,26,27)/b2-1-/t16-,22+,23?/m1/s1. The van der Waals surface area contributed by atoms with E-state index in [1.807, 2.05) is 42.5 Å². The second-order valence-corrected chi connectivity index (χ2v) is 7.45. The number of aromatic hydroxyl groups is 1. The van der Waals surface area contributed by atoms with E-state index in [0.29, 0.717) is 18.1 Å². The normalized spacial score (nSPS) is 22.0. The van der Waals surface area contributed by atoms with Gasteiger partial charge in [-0.05, 0) is 31.4 Å². The largest absolute Gasteiger partial charge is 0.508 e. The summed E-state index contributed by atoms with van der Waals surface area (Å²) in [6.07, 6.45) is 5.16. The van der Waals surface area contributed by atoms with Crippen molar-refractivity contribution in [2.45, 2.75) is 38.1 Å². The van der Waals surface area contributed by atoms with E-state index in [2.05, 4.69) is 0 Å². The Balaban J connectivity index is 1.72. The van der Waals surface area contributed by atoms with Crippen LogP contribution >= 0.6 is 11.6 Å². The Labute approximate surface area is 175 Å². The van der Waals surface area contributed by atoms with Crippen LogP contribution in [0.15, 0.2) is 60.7 Å². The number of halogens is 1. The SMILES string of the molecule is O=C(O)CC/C=C\CC[C@@H]1COC(c2ccccc2Cl)O[C@@H]1c1ccccc1O. The minimum Gasteiger partial charge on any atom is -0.508 e. The third kappa shape index (κ3) is 5.82. The number of hydrogen-bond donors (Lipinski definition) is 2. The molecule has 29 heavy (non-hydrogen) atoms. The van der Waals surface area contributed by atoms with Gasteiger partial charge in [0.1, 0.15) is 5.75 Å². The topological polar surface area (TPSA) is 76.0 Å². The molecule has 2 N–H and O–H groups in total. The fourth-order valence-corrected chi connectivity index (χ4v) is 3.68. The fraction of sp³-hybridized carbons (Fsp3) is 0.348. The molecule has 2 aromatic carbocycles. The molecule has 1 aliphatic rings. The predicted octanol–water partition coefficient (Wildman–Crippen LogP) is 5.65. The van der Waals surface area contributed by atoms with Crippen LogP contribution in [0, 0.1) is 5.92 Å². The highest BCUT2D eigenvalue weighted by atomic mass is 35.5. The van der Waals surface area contributed by atoms with Gasteiger partial charge in [0, 0.05) is 28.5 Å². The number of rotatable bonds is 8. The van der Waals surface area contributed by atoms with Crippen molar-refractivity contribution in [2.24, 2.45) is 5.92 Å². The molecular formula is C23H25ClO5. The number of phenolic OH excluding ortho intramolecular Hbond substituents is 1. The van der Waals surface area contributed by atoms with E-state index in [9.17, 15) is 9.90 Å². The fourth-order valence-electron chi connectivity index (χ4n) is 3.45. The number of hydrogen-bond acceptors (Lipinski definition) is 4. The third-order valence-electron chi connectivity index (χ3n) is 4.96. The summed E-state index contributed by atoms with van der Waals surface area (Å²) in [4.78, 5) is 10.6. The van der Waals surface area contributed by atoms with E-state index < -0.39 is 12.3 Å². The lowest BCUT2D eigenvalue weighted by atomic mass is 9.90. The highest BCUT2D eigenvalue weighted by Crippen LogP contribution is 2.43. The minimum absolute atomic E-state index is 0.0474. The van der Waals surface area contributed by atoms with Gasteiger partial charge in [0.05, 0.1) is 12.7 Å². The number of carboxylic acid groups (broad SMARTS) is 1. The van der Waals surface area contributed by atoms with Crippen molar-refractivity contribution < 1.29 is 24.5 Å². The Hall–Kier alpha value is -2.34. The van der Waals surface area contributed by atoms with Gasteiger partial charge in [-0.25, -0.2) is 0 Å². The quantitative estimate of drug-likeness (QED) is 0.544. The Morgan fingerprint density at radius 1 is 1.07 bits per heavy atom. The first kappa shape index (κ1) is 21.4. The van der Waals surface area contributed by atoms with Crippen LogP contribution in [0.5, 0.6) is 5.75 Å². The molecule has 1 heterocycles. The molecule has 0 aliphatic carbocycles. The van der Waals surface area contributed by atoms with Gasteiger partial charge in [-0.15, -0.1) is 0 Å². The van der Waals surface area contributed by atoms with Crippen molar-refractivity contribution >= 4 is 17.6 Å². The zero-order valence-electron chi connectivity index (χ0n) is 16.0. The van der Waals surface area contributed by atoms with E-state index in [0.717, 1.165) is 24.0 Å². The van der Waals surface area contributed by atoms with Crippen LogP contribution in [0.25, 0.3) is 0 Å². The van der Waals surface area contributed by atoms with Crippen molar-refractivity contribution in [3.63, 3.8) is 0 Å². The summed E-state index contributed by atoms with van der Waals surface area (Å²) < 4.78 is 12.2. The van der Waals surface area contributed by atoms with Gasteiger partial charge >= 0.3 is 5.97 Å². The van der Waals surface area contributed by atoms with Crippen LogP contribution in [0.1, 0.15) is 49.2 Å². The van der Waals surface area contributed by atoms with E-state index in [-0.39, 0.29) is 24.2 Å². The smallest absolute Gasteiger partial charge is 0.303 e. The molecule has 1 saturated heterocycles. The molecular weight excluding hydrogens is 392 g/mol. The van der Waals surface area contributed by atoms with Gasteiger partial charge in [0.15, 0.2) is 6.29 Å². The maximum atomic E-state index is 10.6. The molecule has 0 spiro atoms. The van der Waals surface area contributed by atoms with Crippen molar-refractivity contribution in [2.75, 3.05) is 6.61 Å². The first-order valence-corrected chi connectivity index (χ1v) is 10.1. The molecule has 3 rings (SSSR count). The van der Waals surface area contributed by atoms with Gasteiger partial charge in [0.2, 0.25) is 0 Å². The maximum absolute atomic E-state index is 10.6. The Morgan fingerprint density at radius 3 is 2.48 bits per heavy atom. The Morgan fingerprint density at radius 2 is 1.76 bits per heavy atom. The molecule has 6 heteroatoms. The Bertz CT molecular complexity index is 851. The summed E-state index contributed by atoms with van der Waals surface area (Å²) in [7, 11) is 0. The monoisotopic (exact) mass is 416 g/mol. The molecule has 1 aliphatic heterocycles. The van der Waals surface area contributed by atoms with Gasteiger partial charge in [-0.2, -0.15) is 0 Å². The predicted molar refractivity (Wildman–Crippen MR) is 111 cm³/mol. The first-order valence-electron chi connectivity index (χ1n) is 9.72. The molecule has 0 aromatic heterocycles. The Kier molecular flexibility index (Phi) is 7.69. The number of phenols is 1. The van der Waals surface area contributed by atoms with E-state index >= 15 is 0 Å². The molecule has 1 unspecified atom stereocenters. The molecule has 2 aromatic rings. The minimum atomic E-state index is -0.797. The second kappa shape index (κ2) is 10.4. The summed E-state index contributed by atoms with van der Waals surface area (Å²) in [5.41, 5.74) is 1.49. The molecule has 1 fully saturated rings. The van der Waals surface area contributed by atoms with Crippen LogP contribution in [-0.4, -0.2) is 22.8 Å². The average molecular weight is 417 g/mol. The van der Waals surface area contributed by atoms with Gasteiger partial charge < -0.3 is 19.7 Å². The zero-order chi connectivity index (χ0) is 20.6. The molecule has 0 amide bonds. The number of carboxylic acids is 1. The molecule has 0 radical (unpaired) electrons. The van der Waals surface area contributed by atoms with Crippen LogP contribution < -0.4 is 0 Å². The molecule has 5 nitrogen and oxygen atoms in total. The lowest BCUT2D eigenvalue weighted by molar-refractivity contribution is -0.245. The molecule has 0 bridgehead atoms. The number of benzene rings is 2. The van der Waals surface area contributed by atoms with Crippen molar-refractivity contribution in [1.82, 2.24) is 0 Å². The number of aliphatic carboxylic acids is 1. The van der Waals surface area contributed by atoms with Gasteiger partial charge in [-0.3, -0.25) is 4.79 Å². The van der Waals surface area contributed by atoms with Crippen molar-refractivity contribution in [3.05, 3.63) is 76.8 Å². The third-order valence-corrected chi connectivity index (χ3v) is 5.30. The number of carbonyl (C=O) groups is 1. The summed E-state index contributed by atoms with van der Waals surface area (Å²) in [5, 5.41) is 19.6. The molecule has 3 atom stereocenters. The summed E-state index contributed by atoms with van der Waals surface area (Å²) >= 11 is 6.31. The van der Waals surface area contributed by atoms with Crippen LogP contribution in [0.3, 0.4) is 0 Å². The number of para-hydroxylation sites is 1. The van der Waals surface area contributed by atoms with E-state index in [1.54, 1.807) is 18.2 Å². The van der Waals surface area contributed by atoms with Crippen LogP contribution in [-0.2, 0) is 14.3 Å². The van der Waals surface area contributed by atoms with Crippen molar-refractivity contribution in [3.8, 4) is 5.75 Å². The van der Waals surface area contributed by atoms with Crippen LogP contribution in [0.4, 0.5) is 0 Å². The number of allylic oxidation sites excluding steroid dienone is 2. The summed E-state index contributed by atoms with van der Waals surface area (Å²) in [5.74, 6) is -0.556. The van der Waals surface area contributed by atoms with E-state index in [4.69, 9.17) is 26.2 Å². The summed E-state index contributed by atoms with van der Waals surface area (Å²) in [6, 6.07) is 14.6. The average Bonchev–Trinajstić information content (AvgIpc) is 2.71. The summed E-state index contributed by atoms with van der Waals surface area (Å²) in [6.45, 7) is 0.470.